The van der Waals surface area contributed by atoms with Gasteiger partial charge in [-0.1, -0.05) is 20.8 Å². The molecule has 2 N–H and O–H groups in total. The van der Waals surface area contributed by atoms with Crippen LogP contribution in [-0.4, -0.2) is 28.0 Å². The van der Waals surface area contributed by atoms with E-state index in [4.69, 9.17) is 0 Å². The molecule has 0 aliphatic heterocycles. The van der Waals surface area contributed by atoms with Crippen molar-refractivity contribution in [3.8, 4) is 0 Å². The molecule has 0 saturated heterocycles. The minimum Gasteiger partial charge on any atom is -0.382 e. The van der Waals surface area contributed by atoms with E-state index in [9.17, 15) is 4.79 Å². The summed E-state index contributed by atoms with van der Waals surface area (Å²) in [6, 6.07) is 0. The molecule has 0 aromatic carbocycles. The molecule has 0 atom stereocenters. The van der Waals surface area contributed by atoms with E-state index in [1.54, 1.807) is 6.20 Å². The lowest BCUT2D eigenvalue weighted by Crippen LogP contribution is -2.53. The second-order valence-corrected chi connectivity index (χ2v) is 6.12. The quantitative estimate of drug-likeness (QED) is 0.845. The van der Waals surface area contributed by atoms with Crippen molar-refractivity contribution < 1.29 is 4.79 Å². The lowest BCUT2D eigenvalue weighted by atomic mass is 9.75. The Morgan fingerprint density at radius 3 is 2.57 bits per heavy atom. The number of anilines is 1. The normalized spacial score (nSPS) is 16.4. The summed E-state index contributed by atoms with van der Waals surface area (Å²) in [5, 5.41) is 6.37. The van der Waals surface area contributed by atoms with Gasteiger partial charge in [-0.3, -0.25) is 4.79 Å². The molecule has 21 heavy (non-hydrogen) atoms. The maximum absolute atomic E-state index is 12.6. The Morgan fingerprint density at radius 1 is 1.38 bits per heavy atom. The van der Waals surface area contributed by atoms with Crippen LogP contribution in [0, 0.1) is 0 Å². The van der Waals surface area contributed by atoms with Gasteiger partial charge in [0.25, 0.3) is 5.91 Å². The van der Waals surface area contributed by atoms with Gasteiger partial charge in [0.1, 0.15) is 5.82 Å². The van der Waals surface area contributed by atoms with Crippen molar-refractivity contribution in [2.75, 3.05) is 11.9 Å². The number of carbonyl (C=O) groups is 1. The molecule has 1 aromatic rings. The molecule has 1 heterocycles. The van der Waals surface area contributed by atoms with Gasteiger partial charge in [0.05, 0.1) is 11.9 Å². The zero-order chi connectivity index (χ0) is 15.5. The molecule has 0 unspecified atom stereocenters. The summed E-state index contributed by atoms with van der Waals surface area (Å²) in [5.74, 6) is 0.828. The van der Waals surface area contributed by atoms with Gasteiger partial charge in [-0.2, -0.15) is 0 Å². The van der Waals surface area contributed by atoms with Crippen LogP contribution in [0.15, 0.2) is 6.20 Å². The molecular weight excluding hydrogens is 264 g/mol. The van der Waals surface area contributed by atoms with Crippen LogP contribution in [0.2, 0.25) is 0 Å². The Morgan fingerprint density at radius 2 is 2.10 bits per heavy atom. The van der Waals surface area contributed by atoms with E-state index < -0.39 is 0 Å². The molecule has 1 fully saturated rings. The van der Waals surface area contributed by atoms with Crippen molar-refractivity contribution in [2.45, 2.75) is 64.8 Å². The van der Waals surface area contributed by atoms with Gasteiger partial charge in [-0.05, 0) is 32.6 Å². The molecule has 2 rings (SSSR count). The lowest BCUT2D eigenvalue weighted by Gasteiger charge is -2.42. The maximum Gasteiger partial charge on any atom is 0.272 e. The summed E-state index contributed by atoms with van der Waals surface area (Å²) in [4.78, 5) is 21.5. The summed E-state index contributed by atoms with van der Waals surface area (Å²) in [6.45, 7) is 8.93. The molecular formula is C16H26N4O. The smallest absolute Gasteiger partial charge is 0.272 e. The lowest BCUT2D eigenvalue weighted by molar-refractivity contribution is 0.0815. The van der Waals surface area contributed by atoms with Crippen molar-refractivity contribution in [1.82, 2.24) is 15.3 Å². The molecule has 1 amide bonds. The minimum atomic E-state index is -0.0863. The highest BCUT2D eigenvalue weighted by atomic mass is 16.2. The molecule has 1 aliphatic rings. The Labute approximate surface area is 127 Å². The molecule has 1 aromatic heterocycles. The highest BCUT2D eigenvalue weighted by Gasteiger charge is 2.37. The van der Waals surface area contributed by atoms with Gasteiger partial charge >= 0.3 is 0 Å². The largest absolute Gasteiger partial charge is 0.382 e. The van der Waals surface area contributed by atoms with Crippen molar-refractivity contribution in [3.05, 3.63) is 17.7 Å². The predicted octanol–water partition coefficient (Wildman–Crippen LogP) is 3.09. The molecule has 5 nitrogen and oxygen atoms in total. The predicted molar refractivity (Wildman–Crippen MR) is 84.6 cm³/mol. The van der Waals surface area contributed by atoms with E-state index in [0.29, 0.717) is 17.2 Å². The first-order chi connectivity index (χ1) is 10.0. The minimum absolute atomic E-state index is 0.0243. The number of rotatable bonds is 6. The van der Waals surface area contributed by atoms with Crippen LogP contribution in [0.3, 0.4) is 0 Å². The third-order valence-electron chi connectivity index (χ3n) is 4.27. The summed E-state index contributed by atoms with van der Waals surface area (Å²) < 4.78 is 0. The Balaban J connectivity index is 2.26. The summed E-state index contributed by atoms with van der Waals surface area (Å²) in [6.07, 6.45) is 6.01. The maximum atomic E-state index is 12.6. The molecule has 0 bridgehead atoms. The van der Waals surface area contributed by atoms with Crippen LogP contribution in [0.1, 0.15) is 75.6 Å². The number of hydrogen-bond donors (Lipinski definition) is 2. The zero-order valence-electron chi connectivity index (χ0n) is 13.5. The summed E-state index contributed by atoms with van der Waals surface area (Å²) in [7, 11) is 0. The Bertz CT molecular complexity index is 503. The molecule has 1 saturated carbocycles. The first-order valence-electron chi connectivity index (χ1n) is 7.94. The fourth-order valence-corrected chi connectivity index (χ4v) is 2.64. The Kier molecular flexibility index (Phi) is 4.80. The van der Waals surface area contributed by atoms with E-state index in [0.717, 1.165) is 25.8 Å². The van der Waals surface area contributed by atoms with Crippen LogP contribution in [0.5, 0.6) is 0 Å². The van der Waals surface area contributed by atoms with Gasteiger partial charge in [-0.25, -0.2) is 9.97 Å². The molecule has 0 spiro atoms. The fraction of sp³-hybridized carbons (Fsp3) is 0.688. The average molecular weight is 290 g/mol. The topological polar surface area (TPSA) is 66.9 Å². The van der Waals surface area contributed by atoms with Crippen LogP contribution in [-0.2, 0) is 0 Å². The van der Waals surface area contributed by atoms with Crippen molar-refractivity contribution >= 4 is 11.6 Å². The first-order valence-corrected chi connectivity index (χ1v) is 7.94. The number of amides is 1. The van der Waals surface area contributed by atoms with E-state index in [2.05, 4.69) is 27.5 Å². The number of nitrogens with zero attached hydrogens (tertiary/aromatic N) is 2. The van der Waals surface area contributed by atoms with Gasteiger partial charge in [0.2, 0.25) is 0 Å². The van der Waals surface area contributed by atoms with Crippen molar-refractivity contribution in [1.29, 1.82) is 0 Å². The number of carbonyl (C=O) groups excluding carboxylic acids is 1. The SMILES string of the molecule is CCNc1cnc(C(C)C)nc1C(=O)NC1(CC)CCC1. The molecule has 5 heteroatoms. The number of aromatic nitrogens is 2. The van der Waals surface area contributed by atoms with E-state index in [1.165, 1.54) is 6.42 Å². The highest BCUT2D eigenvalue weighted by molar-refractivity contribution is 5.98. The number of hydrogen-bond acceptors (Lipinski definition) is 4. The van der Waals surface area contributed by atoms with Crippen molar-refractivity contribution in [3.63, 3.8) is 0 Å². The monoisotopic (exact) mass is 290 g/mol. The summed E-state index contributed by atoms with van der Waals surface area (Å²) in [5.41, 5.74) is 1.16. The van der Waals surface area contributed by atoms with Crippen LogP contribution >= 0.6 is 0 Å². The van der Waals surface area contributed by atoms with Gasteiger partial charge in [0.15, 0.2) is 5.69 Å². The van der Waals surface area contributed by atoms with E-state index >= 15 is 0 Å². The van der Waals surface area contributed by atoms with E-state index in [-0.39, 0.29) is 17.4 Å². The van der Waals surface area contributed by atoms with E-state index in [1.807, 2.05) is 20.8 Å². The van der Waals surface area contributed by atoms with Crippen LogP contribution in [0.4, 0.5) is 5.69 Å². The molecule has 116 valence electrons. The molecule has 1 aliphatic carbocycles. The van der Waals surface area contributed by atoms with Gasteiger partial charge in [0, 0.05) is 18.0 Å². The number of nitrogens with one attached hydrogen (secondary N) is 2. The zero-order valence-corrected chi connectivity index (χ0v) is 13.5. The second-order valence-electron chi connectivity index (χ2n) is 6.12. The molecule has 0 radical (unpaired) electrons. The Hall–Kier alpha value is -1.65. The summed E-state index contributed by atoms with van der Waals surface area (Å²) >= 11 is 0. The standard InChI is InChI=1S/C16H26N4O/c1-5-16(8-7-9-16)20-15(21)13-12(17-6-2)10-18-14(19-13)11(3)4/h10-11,17H,5-9H2,1-4H3,(H,20,21). The van der Waals surface area contributed by atoms with Crippen molar-refractivity contribution in [2.24, 2.45) is 0 Å². The highest BCUT2D eigenvalue weighted by Crippen LogP contribution is 2.35. The average Bonchev–Trinajstić information content (AvgIpc) is 2.43. The first kappa shape index (κ1) is 15.7. The third kappa shape index (κ3) is 3.34. The van der Waals surface area contributed by atoms with Crippen LogP contribution < -0.4 is 10.6 Å². The van der Waals surface area contributed by atoms with Crippen LogP contribution in [0.25, 0.3) is 0 Å². The van der Waals surface area contributed by atoms with Gasteiger partial charge < -0.3 is 10.6 Å². The fourth-order valence-electron chi connectivity index (χ4n) is 2.64. The van der Waals surface area contributed by atoms with Gasteiger partial charge in [-0.15, -0.1) is 0 Å². The second kappa shape index (κ2) is 6.41. The third-order valence-corrected chi connectivity index (χ3v) is 4.27.